The molecule has 0 radical (unpaired) electrons. The van der Waals surface area contributed by atoms with E-state index in [0.29, 0.717) is 38.0 Å². The van der Waals surface area contributed by atoms with Crippen molar-refractivity contribution in [3.05, 3.63) is 0 Å². The predicted octanol–water partition coefficient (Wildman–Crippen LogP) is 1.56. The highest BCUT2D eigenvalue weighted by Gasteiger charge is 2.68. The third-order valence-corrected chi connectivity index (χ3v) is 5.82. The van der Waals surface area contributed by atoms with Crippen molar-refractivity contribution in [3.63, 3.8) is 0 Å². The maximum Gasteiger partial charge on any atom is 0.306 e. The highest BCUT2D eigenvalue weighted by atomic mass is 16.5. The molecule has 3 rings (SSSR count). The van der Waals surface area contributed by atoms with Crippen molar-refractivity contribution in [1.82, 2.24) is 4.90 Å². The molecule has 6 unspecified atom stereocenters. The van der Waals surface area contributed by atoms with Gasteiger partial charge in [-0.1, -0.05) is 13.8 Å². The number of ketones is 1. The number of amides is 1. The quantitative estimate of drug-likeness (QED) is 0.543. The summed E-state index contributed by atoms with van der Waals surface area (Å²) in [5.74, 6) is 0.286. The first-order valence-corrected chi connectivity index (χ1v) is 9.03. The van der Waals surface area contributed by atoms with Gasteiger partial charge in [-0.15, -0.1) is 0 Å². The number of fused-ring (bicyclic) bond motifs is 1. The Hall–Kier alpha value is -1.43. The second-order valence-corrected chi connectivity index (χ2v) is 7.34. The zero-order chi connectivity index (χ0) is 17.4. The Bertz CT molecular complexity index is 534. The summed E-state index contributed by atoms with van der Waals surface area (Å²) < 4.78 is 10.7. The van der Waals surface area contributed by atoms with Crippen molar-refractivity contribution in [2.24, 2.45) is 17.8 Å². The predicted molar refractivity (Wildman–Crippen MR) is 86.1 cm³/mol. The highest BCUT2D eigenvalue weighted by molar-refractivity contribution is 5.97. The number of Topliss-reactive ketones (excluding diaryl/α,β-unsaturated/α-hetero) is 1. The lowest BCUT2D eigenvalue weighted by Gasteiger charge is -2.38. The van der Waals surface area contributed by atoms with Crippen LogP contribution in [0.4, 0.5) is 0 Å². The summed E-state index contributed by atoms with van der Waals surface area (Å²) in [6, 6.07) is -0.277. The minimum atomic E-state index is -0.494. The second kappa shape index (κ2) is 6.82. The third-order valence-electron chi connectivity index (χ3n) is 5.82. The lowest BCUT2D eigenvalue weighted by Crippen LogP contribution is -2.57. The largest absolute Gasteiger partial charge is 0.462 e. The van der Waals surface area contributed by atoms with Crippen molar-refractivity contribution < 1.29 is 23.9 Å². The topological polar surface area (TPSA) is 72.9 Å². The second-order valence-electron chi connectivity index (χ2n) is 7.34. The lowest BCUT2D eigenvalue weighted by molar-refractivity contribution is -0.156. The average Bonchev–Trinajstić information content (AvgIpc) is 3.14. The van der Waals surface area contributed by atoms with Crippen molar-refractivity contribution in [2.75, 3.05) is 13.7 Å². The number of rotatable bonds is 6. The fourth-order valence-electron chi connectivity index (χ4n) is 4.30. The molecule has 0 aromatic carbocycles. The number of carbonyl (C=O) groups is 3. The fraction of sp³-hybridized carbons (Fsp3) is 0.833. The molecule has 6 heteroatoms. The number of β-lactam (4-membered cyclic amide) rings is 1. The molecule has 0 aromatic heterocycles. The average molecular weight is 337 g/mol. The van der Waals surface area contributed by atoms with Gasteiger partial charge in [-0.25, -0.2) is 0 Å². The molecule has 0 spiro atoms. The maximum atomic E-state index is 13.1. The SMILES string of the molecule is CCC1CC(C(=O)C(COC)N2C(=O)C3C(C)C32)CCCC(=O)O1. The van der Waals surface area contributed by atoms with Gasteiger partial charge >= 0.3 is 5.97 Å². The monoisotopic (exact) mass is 337 g/mol. The number of cyclic esters (lactones) is 1. The Morgan fingerprint density at radius 3 is 2.75 bits per heavy atom. The van der Waals surface area contributed by atoms with E-state index in [1.54, 1.807) is 12.0 Å². The van der Waals surface area contributed by atoms with E-state index in [2.05, 4.69) is 6.92 Å². The van der Waals surface area contributed by atoms with Crippen LogP contribution in [-0.4, -0.2) is 54.5 Å². The molecular weight excluding hydrogens is 310 g/mol. The van der Waals surface area contributed by atoms with Gasteiger partial charge in [0, 0.05) is 25.5 Å². The molecule has 1 amide bonds. The molecule has 24 heavy (non-hydrogen) atoms. The van der Waals surface area contributed by atoms with Crippen molar-refractivity contribution in [1.29, 1.82) is 0 Å². The van der Waals surface area contributed by atoms with Crippen LogP contribution in [0.1, 0.15) is 46.0 Å². The van der Waals surface area contributed by atoms with Crippen LogP contribution in [0.2, 0.25) is 0 Å². The summed E-state index contributed by atoms with van der Waals surface area (Å²) in [6.07, 6.45) is 2.73. The maximum absolute atomic E-state index is 13.1. The molecule has 2 heterocycles. The van der Waals surface area contributed by atoms with Gasteiger partial charge < -0.3 is 14.4 Å². The Morgan fingerprint density at radius 2 is 2.17 bits per heavy atom. The first kappa shape index (κ1) is 17.4. The lowest BCUT2D eigenvalue weighted by atomic mass is 9.85. The minimum absolute atomic E-state index is 0.0687. The summed E-state index contributed by atoms with van der Waals surface area (Å²) in [5, 5.41) is 0. The van der Waals surface area contributed by atoms with Gasteiger partial charge in [0.2, 0.25) is 5.91 Å². The van der Waals surface area contributed by atoms with E-state index in [9.17, 15) is 14.4 Å². The molecule has 1 aliphatic carbocycles. The molecule has 1 saturated carbocycles. The van der Waals surface area contributed by atoms with Gasteiger partial charge in [-0.3, -0.25) is 14.4 Å². The molecule has 0 bridgehead atoms. The number of carbonyl (C=O) groups excluding carboxylic acids is 3. The highest BCUT2D eigenvalue weighted by Crippen LogP contribution is 2.54. The van der Waals surface area contributed by atoms with Crippen molar-refractivity contribution in [3.8, 4) is 0 Å². The third kappa shape index (κ3) is 2.96. The van der Waals surface area contributed by atoms with E-state index in [0.717, 1.165) is 0 Å². The van der Waals surface area contributed by atoms with Gasteiger partial charge in [0.05, 0.1) is 12.5 Å². The smallest absolute Gasteiger partial charge is 0.306 e. The molecule has 3 fully saturated rings. The summed E-state index contributed by atoms with van der Waals surface area (Å²) in [6.45, 7) is 4.26. The van der Waals surface area contributed by atoms with Crippen LogP contribution in [0, 0.1) is 17.8 Å². The van der Waals surface area contributed by atoms with Crippen molar-refractivity contribution >= 4 is 17.7 Å². The van der Waals surface area contributed by atoms with Gasteiger partial charge in [0.1, 0.15) is 12.1 Å². The first-order chi connectivity index (χ1) is 11.5. The normalized spacial score (nSPS) is 36.8. The van der Waals surface area contributed by atoms with Crippen LogP contribution in [0.3, 0.4) is 0 Å². The molecule has 134 valence electrons. The standard InChI is InChI=1S/C18H27NO5/c1-4-12-8-11(6-5-7-14(20)24-12)17(21)13(9-23-3)19-16-10(2)15(16)18(19)22/h10-13,15-16H,4-9H2,1-3H3. The number of nitrogens with zero attached hydrogens (tertiary/aromatic N) is 1. The van der Waals surface area contributed by atoms with E-state index in [1.165, 1.54) is 0 Å². The summed E-state index contributed by atoms with van der Waals surface area (Å²) in [7, 11) is 1.56. The van der Waals surface area contributed by atoms with Gasteiger partial charge in [0.15, 0.2) is 5.78 Å². The van der Waals surface area contributed by atoms with E-state index >= 15 is 0 Å². The van der Waals surface area contributed by atoms with Gasteiger partial charge in [0.25, 0.3) is 0 Å². The number of methoxy groups -OCH3 is 1. The van der Waals surface area contributed by atoms with Gasteiger partial charge in [-0.05, 0) is 31.6 Å². The van der Waals surface area contributed by atoms with Crippen LogP contribution < -0.4 is 0 Å². The zero-order valence-electron chi connectivity index (χ0n) is 14.7. The minimum Gasteiger partial charge on any atom is -0.462 e. The molecule has 0 aromatic rings. The zero-order valence-corrected chi connectivity index (χ0v) is 14.7. The van der Waals surface area contributed by atoms with E-state index < -0.39 is 6.04 Å². The van der Waals surface area contributed by atoms with Crippen LogP contribution in [0.5, 0.6) is 0 Å². The Morgan fingerprint density at radius 1 is 1.42 bits per heavy atom. The molecule has 6 atom stereocenters. The fourth-order valence-corrected chi connectivity index (χ4v) is 4.30. The van der Waals surface area contributed by atoms with E-state index in [1.807, 2.05) is 6.92 Å². The van der Waals surface area contributed by atoms with Crippen LogP contribution in [0.25, 0.3) is 0 Å². The number of likely N-dealkylation sites (tertiary alicyclic amines) is 1. The number of hydrogen-bond donors (Lipinski definition) is 0. The van der Waals surface area contributed by atoms with E-state index in [-0.39, 0.29) is 48.2 Å². The summed E-state index contributed by atoms with van der Waals surface area (Å²) >= 11 is 0. The van der Waals surface area contributed by atoms with Crippen LogP contribution in [-0.2, 0) is 23.9 Å². The Kier molecular flexibility index (Phi) is 4.95. The van der Waals surface area contributed by atoms with Crippen LogP contribution >= 0.6 is 0 Å². The molecule has 0 N–H and O–H groups in total. The molecule has 2 aliphatic heterocycles. The van der Waals surface area contributed by atoms with Gasteiger partial charge in [-0.2, -0.15) is 0 Å². The number of ether oxygens (including phenoxy) is 2. The summed E-state index contributed by atoms with van der Waals surface area (Å²) in [5.41, 5.74) is 0. The van der Waals surface area contributed by atoms with Crippen molar-refractivity contribution in [2.45, 2.75) is 64.1 Å². The van der Waals surface area contributed by atoms with E-state index in [4.69, 9.17) is 9.47 Å². The number of esters is 1. The molecule has 2 saturated heterocycles. The van der Waals surface area contributed by atoms with Crippen LogP contribution in [0.15, 0.2) is 0 Å². The Balaban J connectivity index is 1.71. The Labute approximate surface area is 142 Å². The molecular formula is C18H27NO5. The number of hydrogen-bond acceptors (Lipinski definition) is 5. The molecule has 6 nitrogen and oxygen atoms in total. The summed E-state index contributed by atoms with van der Waals surface area (Å²) in [4.78, 5) is 38.8. The first-order valence-electron chi connectivity index (χ1n) is 9.03. The molecule has 3 aliphatic rings.